The minimum absolute atomic E-state index is 0.00846. The largest absolute Gasteiger partial charge is 0.441 e. The van der Waals surface area contributed by atoms with E-state index in [1.54, 1.807) is 4.90 Å². The minimum Gasteiger partial charge on any atom is -0.441 e. The molecule has 0 aliphatic carbocycles. The molecular formula is C26H29N3O3. The number of carbonyl (C=O) groups is 2. The molecule has 32 heavy (non-hydrogen) atoms. The van der Waals surface area contributed by atoms with Crippen LogP contribution < -0.4 is 5.32 Å². The van der Waals surface area contributed by atoms with Gasteiger partial charge in [-0.05, 0) is 49.1 Å². The van der Waals surface area contributed by atoms with Gasteiger partial charge >= 0.3 is 0 Å². The Bertz CT molecular complexity index is 1130. The number of benzene rings is 2. The standard InChI is InChI=1S/C26H29N3O3/c1-16(2)12-24(30)29-15-21-9-6-5-8-19(21)14-23(29)25(31)28-22-11-7-10-20(13-22)26-27-17(3)18(4)32-26/h5-11,13,16,23H,12,14-15H2,1-4H3,(H,28,31). The molecule has 4 rings (SSSR count). The van der Waals surface area contributed by atoms with E-state index < -0.39 is 6.04 Å². The molecule has 1 unspecified atom stereocenters. The number of hydrogen-bond acceptors (Lipinski definition) is 4. The summed E-state index contributed by atoms with van der Waals surface area (Å²) in [7, 11) is 0. The quantitative estimate of drug-likeness (QED) is 0.624. The third kappa shape index (κ3) is 4.59. The third-order valence-electron chi connectivity index (χ3n) is 5.86. The number of amides is 2. The highest BCUT2D eigenvalue weighted by Crippen LogP contribution is 2.27. The third-order valence-corrected chi connectivity index (χ3v) is 5.86. The topological polar surface area (TPSA) is 75.4 Å². The van der Waals surface area contributed by atoms with Crippen molar-refractivity contribution in [2.75, 3.05) is 5.32 Å². The Labute approximate surface area is 188 Å². The first kappa shape index (κ1) is 21.8. The Balaban J connectivity index is 1.58. The van der Waals surface area contributed by atoms with Crippen molar-refractivity contribution in [3.8, 4) is 11.5 Å². The second-order valence-electron chi connectivity index (χ2n) is 8.84. The second kappa shape index (κ2) is 8.99. The zero-order chi connectivity index (χ0) is 22.8. The van der Waals surface area contributed by atoms with Gasteiger partial charge in [-0.2, -0.15) is 0 Å². The van der Waals surface area contributed by atoms with Crippen molar-refractivity contribution in [1.82, 2.24) is 9.88 Å². The molecule has 2 aromatic carbocycles. The van der Waals surface area contributed by atoms with Crippen LogP contribution in [0.5, 0.6) is 0 Å². The molecule has 1 atom stereocenters. The van der Waals surface area contributed by atoms with E-state index in [2.05, 4.69) is 10.3 Å². The van der Waals surface area contributed by atoms with Crippen molar-refractivity contribution in [3.63, 3.8) is 0 Å². The van der Waals surface area contributed by atoms with Crippen LogP contribution in [-0.2, 0) is 22.6 Å². The van der Waals surface area contributed by atoms with Gasteiger partial charge in [-0.15, -0.1) is 0 Å². The van der Waals surface area contributed by atoms with E-state index in [1.165, 1.54) is 0 Å². The van der Waals surface area contributed by atoms with Crippen molar-refractivity contribution < 1.29 is 14.0 Å². The number of aryl methyl sites for hydroxylation is 2. The molecule has 1 aliphatic rings. The van der Waals surface area contributed by atoms with Gasteiger partial charge in [0.25, 0.3) is 0 Å². The fourth-order valence-electron chi connectivity index (χ4n) is 4.04. The molecule has 0 fully saturated rings. The van der Waals surface area contributed by atoms with Crippen LogP contribution in [0.1, 0.15) is 42.8 Å². The molecule has 1 N–H and O–H groups in total. The molecule has 0 bridgehead atoms. The fraction of sp³-hybridized carbons (Fsp3) is 0.346. The summed E-state index contributed by atoms with van der Waals surface area (Å²) < 4.78 is 5.72. The number of oxazole rings is 1. The van der Waals surface area contributed by atoms with Crippen LogP contribution in [0.3, 0.4) is 0 Å². The summed E-state index contributed by atoms with van der Waals surface area (Å²) >= 11 is 0. The van der Waals surface area contributed by atoms with Gasteiger partial charge in [0.2, 0.25) is 17.7 Å². The molecule has 1 aliphatic heterocycles. The summed E-state index contributed by atoms with van der Waals surface area (Å²) in [5, 5.41) is 3.01. The van der Waals surface area contributed by atoms with E-state index in [0.29, 0.717) is 31.0 Å². The van der Waals surface area contributed by atoms with E-state index in [0.717, 1.165) is 28.1 Å². The monoisotopic (exact) mass is 431 g/mol. The van der Waals surface area contributed by atoms with Gasteiger partial charge in [0.1, 0.15) is 11.8 Å². The highest BCUT2D eigenvalue weighted by atomic mass is 16.4. The summed E-state index contributed by atoms with van der Waals surface area (Å²) in [6.07, 6.45) is 0.925. The molecule has 1 aromatic heterocycles. The number of fused-ring (bicyclic) bond motifs is 1. The summed E-state index contributed by atoms with van der Waals surface area (Å²) in [5.74, 6) is 1.35. The Morgan fingerprint density at radius 3 is 2.56 bits per heavy atom. The lowest BCUT2D eigenvalue weighted by molar-refractivity contribution is -0.140. The molecular weight excluding hydrogens is 402 g/mol. The molecule has 0 spiro atoms. The Morgan fingerprint density at radius 1 is 1.12 bits per heavy atom. The van der Waals surface area contributed by atoms with E-state index >= 15 is 0 Å². The Kier molecular flexibility index (Phi) is 6.12. The lowest BCUT2D eigenvalue weighted by atomic mass is 9.92. The van der Waals surface area contributed by atoms with E-state index in [9.17, 15) is 9.59 Å². The number of aromatic nitrogens is 1. The number of nitrogens with zero attached hydrogens (tertiary/aromatic N) is 2. The van der Waals surface area contributed by atoms with Crippen LogP contribution in [0.4, 0.5) is 5.69 Å². The summed E-state index contributed by atoms with van der Waals surface area (Å²) in [4.78, 5) is 32.5. The van der Waals surface area contributed by atoms with Crippen LogP contribution in [-0.4, -0.2) is 27.7 Å². The first-order valence-corrected chi connectivity index (χ1v) is 11.0. The molecule has 0 saturated heterocycles. The average molecular weight is 432 g/mol. The molecule has 2 heterocycles. The average Bonchev–Trinajstić information content (AvgIpc) is 3.11. The normalized spacial score (nSPS) is 15.5. The number of rotatable bonds is 5. The molecule has 0 saturated carbocycles. The van der Waals surface area contributed by atoms with Crippen molar-refractivity contribution in [1.29, 1.82) is 0 Å². The smallest absolute Gasteiger partial charge is 0.247 e. The summed E-state index contributed by atoms with van der Waals surface area (Å²) in [6, 6.07) is 14.9. The van der Waals surface area contributed by atoms with Gasteiger partial charge in [-0.3, -0.25) is 9.59 Å². The molecule has 6 heteroatoms. The van der Waals surface area contributed by atoms with Crippen molar-refractivity contribution in [2.24, 2.45) is 5.92 Å². The second-order valence-corrected chi connectivity index (χ2v) is 8.84. The zero-order valence-electron chi connectivity index (χ0n) is 19.0. The van der Waals surface area contributed by atoms with Crippen molar-refractivity contribution in [3.05, 3.63) is 71.1 Å². The Hall–Kier alpha value is -3.41. The lowest BCUT2D eigenvalue weighted by Crippen LogP contribution is -2.50. The maximum atomic E-state index is 13.3. The first-order chi connectivity index (χ1) is 15.3. The number of nitrogens with one attached hydrogen (secondary N) is 1. The first-order valence-electron chi connectivity index (χ1n) is 11.0. The van der Waals surface area contributed by atoms with Gasteiger partial charge in [-0.1, -0.05) is 44.2 Å². The predicted octanol–water partition coefficient (Wildman–Crippen LogP) is 4.90. The van der Waals surface area contributed by atoms with Crippen LogP contribution in [0, 0.1) is 19.8 Å². The summed E-state index contributed by atoms with van der Waals surface area (Å²) in [6.45, 7) is 8.26. The maximum absolute atomic E-state index is 13.3. The van der Waals surface area contributed by atoms with Crippen LogP contribution in [0.25, 0.3) is 11.5 Å². The van der Waals surface area contributed by atoms with Crippen LogP contribution in [0.15, 0.2) is 52.9 Å². The van der Waals surface area contributed by atoms with E-state index in [4.69, 9.17) is 4.42 Å². The molecule has 0 radical (unpaired) electrons. The summed E-state index contributed by atoms with van der Waals surface area (Å²) in [5.41, 5.74) is 4.50. The maximum Gasteiger partial charge on any atom is 0.247 e. The van der Waals surface area contributed by atoms with E-state index in [-0.39, 0.29) is 17.7 Å². The number of anilines is 1. The van der Waals surface area contributed by atoms with Gasteiger partial charge in [0, 0.05) is 30.6 Å². The zero-order valence-corrected chi connectivity index (χ0v) is 19.0. The van der Waals surface area contributed by atoms with Gasteiger partial charge in [0.05, 0.1) is 5.69 Å². The van der Waals surface area contributed by atoms with Gasteiger partial charge in [0.15, 0.2) is 0 Å². The molecule has 166 valence electrons. The predicted molar refractivity (Wildman–Crippen MR) is 124 cm³/mol. The highest BCUT2D eigenvalue weighted by Gasteiger charge is 2.34. The van der Waals surface area contributed by atoms with Crippen LogP contribution in [0.2, 0.25) is 0 Å². The molecule has 6 nitrogen and oxygen atoms in total. The highest BCUT2D eigenvalue weighted by molar-refractivity contribution is 5.98. The van der Waals surface area contributed by atoms with E-state index in [1.807, 2.05) is 76.2 Å². The minimum atomic E-state index is -0.550. The lowest BCUT2D eigenvalue weighted by Gasteiger charge is -2.36. The van der Waals surface area contributed by atoms with Gasteiger partial charge < -0.3 is 14.6 Å². The van der Waals surface area contributed by atoms with Crippen molar-refractivity contribution >= 4 is 17.5 Å². The fourth-order valence-corrected chi connectivity index (χ4v) is 4.04. The van der Waals surface area contributed by atoms with Crippen LogP contribution >= 0.6 is 0 Å². The number of carbonyl (C=O) groups excluding carboxylic acids is 2. The Morgan fingerprint density at radius 2 is 1.88 bits per heavy atom. The number of hydrogen-bond donors (Lipinski definition) is 1. The van der Waals surface area contributed by atoms with Gasteiger partial charge in [-0.25, -0.2) is 4.98 Å². The molecule has 2 amide bonds. The van der Waals surface area contributed by atoms with Crippen molar-refractivity contribution in [2.45, 2.75) is 53.1 Å². The SMILES string of the molecule is Cc1nc(-c2cccc(NC(=O)C3Cc4ccccc4CN3C(=O)CC(C)C)c2)oc1C. The molecule has 3 aromatic rings.